The van der Waals surface area contributed by atoms with Crippen LogP contribution in [0.4, 0.5) is 0 Å². The standard InChI is InChI=1S/C13H9BrClNOS/c14-10-2-1-3-11(12(10)13(16)18)17-9-6-4-8(15)5-7-9/h1-7H,(H2,16,18). The summed E-state index contributed by atoms with van der Waals surface area (Å²) in [6, 6.07) is 12.6. The van der Waals surface area contributed by atoms with E-state index in [0.29, 0.717) is 22.1 Å². The second kappa shape index (κ2) is 5.69. The van der Waals surface area contributed by atoms with E-state index in [2.05, 4.69) is 15.9 Å². The highest BCUT2D eigenvalue weighted by molar-refractivity contribution is 9.10. The number of thiocarbonyl (C=S) groups is 1. The molecule has 2 aromatic carbocycles. The lowest BCUT2D eigenvalue weighted by atomic mass is 10.2. The molecular formula is C13H9BrClNOS. The Morgan fingerprint density at radius 2 is 1.83 bits per heavy atom. The summed E-state index contributed by atoms with van der Waals surface area (Å²) in [5.41, 5.74) is 6.38. The van der Waals surface area contributed by atoms with Crippen LogP contribution >= 0.6 is 39.7 Å². The van der Waals surface area contributed by atoms with Gasteiger partial charge in [0.1, 0.15) is 16.5 Å². The van der Waals surface area contributed by atoms with Gasteiger partial charge < -0.3 is 10.5 Å². The Balaban J connectivity index is 2.37. The topological polar surface area (TPSA) is 35.2 Å². The van der Waals surface area contributed by atoms with Crippen LogP contribution in [0.2, 0.25) is 5.02 Å². The smallest absolute Gasteiger partial charge is 0.138 e. The van der Waals surface area contributed by atoms with Crippen molar-refractivity contribution >= 4 is 44.7 Å². The molecular weight excluding hydrogens is 334 g/mol. The zero-order valence-electron chi connectivity index (χ0n) is 9.19. The molecule has 0 unspecified atom stereocenters. The summed E-state index contributed by atoms with van der Waals surface area (Å²) in [6.45, 7) is 0. The Hall–Kier alpha value is -1.10. The van der Waals surface area contributed by atoms with Gasteiger partial charge in [-0.15, -0.1) is 0 Å². The van der Waals surface area contributed by atoms with E-state index in [0.717, 1.165) is 4.47 Å². The maximum absolute atomic E-state index is 5.82. The van der Waals surface area contributed by atoms with E-state index in [-0.39, 0.29) is 4.99 Å². The Labute approximate surface area is 124 Å². The Bertz CT molecular complexity index is 586. The number of nitrogens with two attached hydrogens (primary N) is 1. The minimum absolute atomic E-state index is 0.284. The van der Waals surface area contributed by atoms with Gasteiger partial charge in [0.15, 0.2) is 0 Å². The molecule has 2 nitrogen and oxygen atoms in total. The van der Waals surface area contributed by atoms with E-state index < -0.39 is 0 Å². The minimum Gasteiger partial charge on any atom is -0.457 e. The van der Waals surface area contributed by atoms with Gasteiger partial charge in [-0.2, -0.15) is 0 Å². The van der Waals surface area contributed by atoms with Crippen LogP contribution in [0.5, 0.6) is 11.5 Å². The van der Waals surface area contributed by atoms with Gasteiger partial charge in [-0.3, -0.25) is 0 Å². The van der Waals surface area contributed by atoms with Gasteiger partial charge in [-0.1, -0.05) is 29.9 Å². The van der Waals surface area contributed by atoms with E-state index in [1.54, 1.807) is 24.3 Å². The molecule has 2 rings (SSSR count). The van der Waals surface area contributed by atoms with Gasteiger partial charge >= 0.3 is 0 Å². The first-order valence-corrected chi connectivity index (χ1v) is 6.67. The number of benzene rings is 2. The van der Waals surface area contributed by atoms with Crippen LogP contribution in [0, 0.1) is 0 Å². The molecule has 0 amide bonds. The van der Waals surface area contributed by atoms with Crippen LogP contribution in [0.3, 0.4) is 0 Å². The van der Waals surface area contributed by atoms with Gasteiger partial charge in [0, 0.05) is 9.50 Å². The molecule has 0 radical (unpaired) electrons. The molecule has 0 aliphatic heterocycles. The summed E-state index contributed by atoms with van der Waals surface area (Å²) in [6.07, 6.45) is 0. The molecule has 0 spiro atoms. The first-order valence-electron chi connectivity index (χ1n) is 5.09. The molecule has 0 saturated heterocycles. The van der Waals surface area contributed by atoms with Crippen LogP contribution in [0.25, 0.3) is 0 Å². The highest BCUT2D eigenvalue weighted by Crippen LogP contribution is 2.31. The van der Waals surface area contributed by atoms with Gasteiger partial charge in [-0.25, -0.2) is 0 Å². The molecule has 0 aliphatic carbocycles. The van der Waals surface area contributed by atoms with Gasteiger partial charge in [-0.05, 0) is 52.3 Å². The van der Waals surface area contributed by atoms with Crippen LogP contribution in [-0.2, 0) is 0 Å². The monoisotopic (exact) mass is 341 g/mol. The molecule has 0 heterocycles. The van der Waals surface area contributed by atoms with E-state index in [1.807, 2.05) is 18.2 Å². The summed E-state index contributed by atoms with van der Waals surface area (Å²) in [7, 11) is 0. The molecule has 0 atom stereocenters. The lowest BCUT2D eigenvalue weighted by Gasteiger charge is -2.11. The highest BCUT2D eigenvalue weighted by atomic mass is 79.9. The number of rotatable bonds is 3. The first-order chi connectivity index (χ1) is 8.58. The number of hydrogen-bond donors (Lipinski definition) is 1. The molecule has 2 aromatic rings. The van der Waals surface area contributed by atoms with Crippen molar-refractivity contribution in [2.45, 2.75) is 0 Å². The first kappa shape index (κ1) is 13.3. The predicted octanol–water partition coefficient (Wildman–Crippen LogP) is 4.53. The van der Waals surface area contributed by atoms with Crippen molar-refractivity contribution in [2.75, 3.05) is 0 Å². The van der Waals surface area contributed by atoms with Gasteiger partial charge in [0.05, 0.1) is 5.56 Å². The fraction of sp³-hybridized carbons (Fsp3) is 0. The average molecular weight is 343 g/mol. The molecule has 0 fully saturated rings. The van der Waals surface area contributed by atoms with Crippen molar-refractivity contribution in [3.8, 4) is 11.5 Å². The Morgan fingerprint density at radius 3 is 2.44 bits per heavy atom. The SMILES string of the molecule is NC(=S)c1c(Br)cccc1Oc1ccc(Cl)cc1. The van der Waals surface area contributed by atoms with Crippen molar-refractivity contribution < 1.29 is 4.74 Å². The summed E-state index contributed by atoms with van der Waals surface area (Å²) in [5.74, 6) is 1.29. The zero-order valence-corrected chi connectivity index (χ0v) is 12.3. The maximum atomic E-state index is 5.82. The lowest BCUT2D eigenvalue weighted by molar-refractivity contribution is 0.481. The van der Waals surface area contributed by atoms with E-state index in [4.69, 9.17) is 34.3 Å². The normalized spacial score (nSPS) is 10.1. The third kappa shape index (κ3) is 3.02. The van der Waals surface area contributed by atoms with E-state index in [1.165, 1.54) is 0 Å². The molecule has 0 aromatic heterocycles. The lowest BCUT2D eigenvalue weighted by Crippen LogP contribution is -2.11. The summed E-state index contributed by atoms with van der Waals surface area (Å²) >= 11 is 14.2. The van der Waals surface area contributed by atoms with Crippen LogP contribution < -0.4 is 10.5 Å². The van der Waals surface area contributed by atoms with E-state index in [9.17, 15) is 0 Å². The maximum Gasteiger partial charge on any atom is 0.138 e. The fourth-order valence-corrected chi connectivity index (χ4v) is 2.49. The second-order valence-corrected chi connectivity index (χ2v) is 5.26. The van der Waals surface area contributed by atoms with Gasteiger partial charge in [0.25, 0.3) is 0 Å². The molecule has 0 saturated carbocycles. The third-order valence-corrected chi connectivity index (χ3v) is 3.38. The molecule has 5 heteroatoms. The Kier molecular flexibility index (Phi) is 4.22. The number of halogens is 2. The largest absolute Gasteiger partial charge is 0.457 e. The van der Waals surface area contributed by atoms with Crippen LogP contribution in [0.1, 0.15) is 5.56 Å². The highest BCUT2D eigenvalue weighted by Gasteiger charge is 2.11. The third-order valence-electron chi connectivity index (χ3n) is 2.26. The number of hydrogen-bond acceptors (Lipinski definition) is 2. The van der Waals surface area contributed by atoms with Crippen molar-refractivity contribution in [3.05, 3.63) is 57.5 Å². The molecule has 18 heavy (non-hydrogen) atoms. The average Bonchev–Trinajstić information content (AvgIpc) is 2.32. The van der Waals surface area contributed by atoms with Crippen molar-refractivity contribution in [1.82, 2.24) is 0 Å². The van der Waals surface area contributed by atoms with E-state index >= 15 is 0 Å². The molecule has 0 bridgehead atoms. The minimum atomic E-state index is 0.284. The second-order valence-electron chi connectivity index (χ2n) is 3.53. The van der Waals surface area contributed by atoms with Gasteiger partial charge in [0.2, 0.25) is 0 Å². The quantitative estimate of drug-likeness (QED) is 0.832. The van der Waals surface area contributed by atoms with Crippen molar-refractivity contribution in [2.24, 2.45) is 5.73 Å². The van der Waals surface area contributed by atoms with Crippen molar-refractivity contribution in [3.63, 3.8) is 0 Å². The van der Waals surface area contributed by atoms with Crippen LogP contribution in [-0.4, -0.2) is 4.99 Å². The summed E-state index contributed by atoms with van der Waals surface area (Å²) < 4.78 is 6.56. The Morgan fingerprint density at radius 1 is 1.17 bits per heavy atom. The molecule has 92 valence electrons. The predicted molar refractivity (Wildman–Crippen MR) is 81.6 cm³/mol. The molecule has 0 aliphatic rings. The fourth-order valence-electron chi connectivity index (χ4n) is 1.46. The summed E-state index contributed by atoms with van der Waals surface area (Å²) in [5, 5.41) is 0.658. The summed E-state index contributed by atoms with van der Waals surface area (Å²) in [4.78, 5) is 0.284. The van der Waals surface area contributed by atoms with Crippen molar-refractivity contribution in [1.29, 1.82) is 0 Å². The van der Waals surface area contributed by atoms with Crippen LogP contribution in [0.15, 0.2) is 46.9 Å². The zero-order chi connectivity index (χ0) is 13.1. The number of ether oxygens (including phenoxy) is 1. The molecule has 2 N–H and O–H groups in total.